The quantitative estimate of drug-likeness (QED) is 0.415. The molecular formula is C27H24ClF2N3O3. The van der Waals surface area contributed by atoms with E-state index >= 15 is 0 Å². The Morgan fingerprint density at radius 3 is 2.56 bits per heavy atom. The van der Waals surface area contributed by atoms with Gasteiger partial charge in [-0.25, -0.2) is 9.80 Å². The zero-order chi connectivity index (χ0) is 25.4. The van der Waals surface area contributed by atoms with Crippen molar-refractivity contribution in [3.05, 3.63) is 88.4 Å². The molecule has 0 saturated carbocycles. The fourth-order valence-corrected chi connectivity index (χ4v) is 4.65. The maximum atomic E-state index is 13.2. The normalized spacial score (nSPS) is 18.0. The van der Waals surface area contributed by atoms with Crippen LogP contribution in [0.2, 0.25) is 5.02 Å². The number of halogens is 3. The number of rotatable bonds is 5. The Bertz CT molecular complexity index is 1310. The average Bonchev–Trinajstić information content (AvgIpc) is 3.39. The molecule has 2 heterocycles. The summed E-state index contributed by atoms with van der Waals surface area (Å²) < 4.78 is 35.5. The molecule has 186 valence electrons. The molecule has 3 aromatic carbocycles. The van der Waals surface area contributed by atoms with Gasteiger partial charge in [0.25, 0.3) is 0 Å². The van der Waals surface area contributed by atoms with E-state index in [-0.39, 0.29) is 23.3 Å². The van der Waals surface area contributed by atoms with Gasteiger partial charge in [-0.05, 0) is 79.6 Å². The fraction of sp³-hybridized carbons (Fsp3) is 0.259. The number of alkyl halides is 2. The van der Waals surface area contributed by atoms with Crippen LogP contribution in [0.1, 0.15) is 36.5 Å². The number of anilines is 1. The van der Waals surface area contributed by atoms with Crippen LogP contribution < -0.4 is 14.8 Å². The van der Waals surface area contributed by atoms with Crippen molar-refractivity contribution in [1.29, 1.82) is 0 Å². The number of carbonyl (C=O) groups excluding carboxylic acids is 1. The van der Waals surface area contributed by atoms with Crippen molar-refractivity contribution < 1.29 is 23.0 Å². The Morgan fingerprint density at radius 2 is 1.86 bits per heavy atom. The van der Waals surface area contributed by atoms with Crippen molar-refractivity contribution in [2.24, 2.45) is 5.10 Å². The maximum absolute atomic E-state index is 13.2. The van der Waals surface area contributed by atoms with Gasteiger partial charge in [0, 0.05) is 28.6 Å². The summed E-state index contributed by atoms with van der Waals surface area (Å²) in [6.07, 6.45) is 0.752. The van der Waals surface area contributed by atoms with E-state index in [2.05, 4.69) is 15.2 Å². The first-order valence-electron chi connectivity index (χ1n) is 11.5. The number of hydrazone groups is 1. The lowest BCUT2D eigenvalue weighted by molar-refractivity contribution is -0.0498. The Labute approximate surface area is 212 Å². The lowest BCUT2D eigenvalue weighted by atomic mass is 9.90. The summed E-state index contributed by atoms with van der Waals surface area (Å²) >= 11 is 6.07. The summed E-state index contributed by atoms with van der Waals surface area (Å²) in [6, 6.07) is 18.8. The highest BCUT2D eigenvalue weighted by atomic mass is 35.5. The molecule has 2 aliphatic heterocycles. The van der Waals surface area contributed by atoms with Gasteiger partial charge in [-0.1, -0.05) is 23.7 Å². The fourth-order valence-electron chi connectivity index (χ4n) is 4.53. The van der Waals surface area contributed by atoms with Crippen LogP contribution >= 0.6 is 11.6 Å². The minimum absolute atomic E-state index is 0.0498. The van der Waals surface area contributed by atoms with Crippen molar-refractivity contribution in [1.82, 2.24) is 5.01 Å². The number of carbonyl (C=O) groups is 1. The molecule has 36 heavy (non-hydrogen) atoms. The molecule has 2 amide bonds. The second kappa shape index (κ2) is 9.43. The lowest BCUT2D eigenvalue weighted by Crippen LogP contribution is -2.30. The molecule has 1 unspecified atom stereocenters. The van der Waals surface area contributed by atoms with Crippen molar-refractivity contribution in [3.63, 3.8) is 0 Å². The second-order valence-corrected chi connectivity index (χ2v) is 9.80. The Balaban J connectivity index is 1.39. The first-order chi connectivity index (χ1) is 17.2. The molecule has 5 rings (SSSR count). The molecule has 3 aromatic rings. The topological polar surface area (TPSA) is 63.2 Å². The molecule has 6 nitrogen and oxygen atoms in total. The van der Waals surface area contributed by atoms with Crippen LogP contribution in [-0.4, -0.2) is 35.5 Å². The third kappa shape index (κ3) is 5.14. The minimum atomic E-state index is -2.91. The molecule has 0 aliphatic carbocycles. The van der Waals surface area contributed by atoms with E-state index in [4.69, 9.17) is 16.3 Å². The number of nitrogens with one attached hydrogen (secondary N) is 1. The summed E-state index contributed by atoms with van der Waals surface area (Å²) in [6.45, 7) is 1.44. The summed E-state index contributed by atoms with van der Waals surface area (Å²) in [4.78, 5) is 13.2. The minimum Gasteiger partial charge on any atom is -0.487 e. The first kappa shape index (κ1) is 24.1. The zero-order valence-electron chi connectivity index (χ0n) is 19.7. The summed E-state index contributed by atoms with van der Waals surface area (Å²) in [5.74, 6) is 0.638. The van der Waals surface area contributed by atoms with Crippen LogP contribution in [-0.2, 0) is 6.42 Å². The van der Waals surface area contributed by atoms with Crippen molar-refractivity contribution in [3.8, 4) is 11.5 Å². The molecule has 9 heteroatoms. The third-order valence-electron chi connectivity index (χ3n) is 6.11. The molecule has 2 aliphatic rings. The molecular weight excluding hydrogens is 488 g/mol. The van der Waals surface area contributed by atoms with Gasteiger partial charge in [0.15, 0.2) is 0 Å². The smallest absolute Gasteiger partial charge is 0.387 e. The molecule has 0 aromatic heterocycles. The molecule has 0 bridgehead atoms. The van der Waals surface area contributed by atoms with Gasteiger partial charge in [0.05, 0.1) is 12.3 Å². The number of benzene rings is 3. The van der Waals surface area contributed by atoms with Crippen LogP contribution in [0.15, 0.2) is 71.8 Å². The van der Waals surface area contributed by atoms with Gasteiger partial charge < -0.3 is 14.8 Å². The molecule has 1 N–H and O–H groups in total. The van der Waals surface area contributed by atoms with Crippen molar-refractivity contribution in [2.75, 3.05) is 11.9 Å². The van der Waals surface area contributed by atoms with Gasteiger partial charge in [0.2, 0.25) is 0 Å². The highest BCUT2D eigenvalue weighted by Gasteiger charge is 2.33. The summed E-state index contributed by atoms with van der Waals surface area (Å²) in [5, 5.41) is 9.52. The molecule has 0 fully saturated rings. The van der Waals surface area contributed by atoms with Gasteiger partial charge in [-0.15, -0.1) is 0 Å². The first-order valence-corrected chi connectivity index (χ1v) is 11.8. The Hall–Kier alpha value is -3.65. The molecule has 0 spiro atoms. The highest BCUT2D eigenvalue weighted by Crippen LogP contribution is 2.37. The Morgan fingerprint density at radius 1 is 1.14 bits per heavy atom. The number of ether oxygens (including phenoxy) is 2. The molecule has 0 saturated heterocycles. The second-order valence-electron chi connectivity index (χ2n) is 9.37. The summed E-state index contributed by atoms with van der Waals surface area (Å²) in [5.41, 5.74) is 3.68. The number of amides is 2. The number of fused-ring (bicyclic) bond motifs is 1. The van der Waals surface area contributed by atoms with Crippen molar-refractivity contribution >= 4 is 29.0 Å². The molecule has 1 atom stereocenters. The lowest BCUT2D eigenvalue weighted by Gasteiger charge is -2.16. The van der Waals surface area contributed by atoms with Gasteiger partial charge in [0.1, 0.15) is 17.1 Å². The van der Waals surface area contributed by atoms with Gasteiger partial charge in [-0.3, -0.25) is 0 Å². The van der Waals surface area contributed by atoms with Crippen LogP contribution in [0.25, 0.3) is 0 Å². The summed E-state index contributed by atoms with van der Waals surface area (Å²) in [7, 11) is 0. The van der Waals surface area contributed by atoms with Crippen LogP contribution in [0.3, 0.4) is 0 Å². The maximum Gasteiger partial charge on any atom is 0.387 e. The van der Waals surface area contributed by atoms with Crippen LogP contribution in [0, 0.1) is 0 Å². The monoisotopic (exact) mass is 511 g/mol. The number of urea groups is 1. The van der Waals surface area contributed by atoms with E-state index in [0.717, 1.165) is 23.3 Å². The number of hydrogen-bond acceptors (Lipinski definition) is 4. The number of nitrogens with zero attached hydrogens (tertiary/aromatic N) is 2. The average molecular weight is 512 g/mol. The predicted molar refractivity (Wildman–Crippen MR) is 134 cm³/mol. The van der Waals surface area contributed by atoms with E-state index in [9.17, 15) is 13.6 Å². The van der Waals surface area contributed by atoms with E-state index in [1.54, 1.807) is 30.3 Å². The van der Waals surface area contributed by atoms with Crippen LogP contribution in [0.4, 0.5) is 19.3 Å². The van der Waals surface area contributed by atoms with Gasteiger partial charge in [-0.2, -0.15) is 13.9 Å². The van der Waals surface area contributed by atoms with Gasteiger partial charge >= 0.3 is 12.6 Å². The Kier molecular flexibility index (Phi) is 6.30. The molecule has 0 radical (unpaired) electrons. The predicted octanol–water partition coefficient (Wildman–Crippen LogP) is 6.69. The standard InChI is InChI=1S/C27H24ClF2N3O3/c1-27(2)14-18-13-20(9-12-23(18)36-27)31-26(34)33-15-22(16-3-7-19(28)8-4-16)24(32-33)17-5-10-21(11-6-17)35-25(29)30/h3-13,22,25H,14-15H2,1-2H3,(H,31,34). The van der Waals surface area contributed by atoms with E-state index in [1.807, 2.05) is 38.1 Å². The number of hydrogen-bond donors (Lipinski definition) is 1. The van der Waals surface area contributed by atoms with Crippen LogP contribution in [0.5, 0.6) is 11.5 Å². The van der Waals surface area contributed by atoms with E-state index in [1.165, 1.54) is 17.1 Å². The highest BCUT2D eigenvalue weighted by molar-refractivity contribution is 6.30. The third-order valence-corrected chi connectivity index (χ3v) is 6.36. The largest absolute Gasteiger partial charge is 0.487 e. The SMILES string of the molecule is CC1(C)Cc2cc(NC(=O)N3CC(c4ccc(Cl)cc4)C(c4ccc(OC(F)F)cc4)=N3)ccc2O1. The van der Waals surface area contributed by atoms with E-state index < -0.39 is 6.61 Å². The van der Waals surface area contributed by atoms with Crippen molar-refractivity contribution in [2.45, 2.75) is 38.4 Å². The van der Waals surface area contributed by atoms with E-state index in [0.29, 0.717) is 28.5 Å². The zero-order valence-corrected chi connectivity index (χ0v) is 20.4.